The highest BCUT2D eigenvalue weighted by Gasteiger charge is 2.62. The predicted molar refractivity (Wildman–Crippen MR) is 70.3 cm³/mol. The average molecular weight is 372 g/mol. The Kier molecular flexibility index (Phi) is 4.65. The highest BCUT2D eigenvalue weighted by Crippen LogP contribution is 2.40. The molecule has 0 aromatic heterocycles. The Bertz CT molecular complexity index is 670. The normalized spacial score (nSPS) is 25.6. The third-order valence-corrected chi connectivity index (χ3v) is 3.89. The molecule has 0 aromatic rings. The zero-order valence-corrected chi connectivity index (χ0v) is 13.0. The van der Waals surface area contributed by atoms with Crippen LogP contribution >= 0.6 is 0 Å². The summed E-state index contributed by atoms with van der Waals surface area (Å²) in [5.74, 6) is -5.31. The van der Waals surface area contributed by atoms with Crippen LogP contribution in [0, 0.1) is 0 Å². The number of piperidine rings is 1. The molecular formula is C10H14F2N4O7S. The minimum absolute atomic E-state index is 0.0296. The van der Waals surface area contributed by atoms with Crippen LogP contribution in [-0.4, -0.2) is 65.3 Å². The van der Waals surface area contributed by atoms with Gasteiger partial charge in [0, 0.05) is 12.8 Å². The molecule has 2 fully saturated rings. The van der Waals surface area contributed by atoms with Crippen LogP contribution in [0.4, 0.5) is 13.6 Å². The zero-order valence-electron chi connectivity index (χ0n) is 12.2. The van der Waals surface area contributed by atoms with E-state index < -0.39 is 59.2 Å². The maximum atomic E-state index is 14.1. The molecule has 136 valence electrons. The van der Waals surface area contributed by atoms with E-state index in [2.05, 4.69) is 4.28 Å². The van der Waals surface area contributed by atoms with Crippen molar-refractivity contribution >= 4 is 28.2 Å². The van der Waals surface area contributed by atoms with Crippen molar-refractivity contribution in [3.8, 4) is 0 Å². The lowest BCUT2D eigenvalue weighted by Crippen LogP contribution is -2.58. The van der Waals surface area contributed by atoms with Crippen molar-refractivity contribution in [3.63, 3.8) is 0 Å². The van der Waals surface area contributed by atoms with Gasteiger partial charge in [-0.2, -0.15) is 13.5 Å². The van der Waals surface area contributed by atoms with E-state index in [9.17, 15) is 31.6 Å². The number of amides is 4. The Morgan fingerprint density at radius 2 is 2.04 bits per heavy atom. The van der Waals surface area contributed by atoms with Crippen molar-refractivity contribution in [1.29, 1.82) is 0 Å². The fourth-order valence-corrected chi connectivity index (χ4v) is 2.76. The van der Waals surface area contributed by atoms with E-state index in [1.54, 1.807) is 0 Å². The van der Waals surface area contributed by atoms with Gasteiger partial charge in [0.25, 0.3) is 11.8 Å². The number of hydrogen-bond acceptors (Lipinski definition) is 6. The third kappa shape index (κ3) is 3.54. The van der Waals surface area contributed by atoms with Crippen molar-refractivity contribution in [3.05, 3.63) is 0 Å². The van der Waals surface area contributed by atoms with Crippen molar-refractivity contribution in [1.82, 2.24) is 20.8 Å². The Hall–Kier alpha value is -2.06. The molecule has 2 saturated heterocycles. The van der Waals surface area contributed by atoms with Crippen molar-refractivity contribution in [2.24, 2.45) is 0 Å². The monoisotopic (exact) mass is 372 g/mol. The molecule has 3 N–H and O–H groups in total. The van der Waals surface area contributed by atoms with Gasteiger partial charge in [0.15, 0.2) is 0 Å². The minimum atomic E-state index is -5.20. The van der Waals surface area contributed by atoms with E-state index in [-0.39, 0.29) is 11.5 Å². The van der Waals surface area contributed by atoms with Gasteiger partial charge in [0.2, 0.25) is 5.91 Å². The van der Waals surface area contributed by atoms with Gasteiger partial charge in [-0.3, -0.25) is 25.0 Å². The van der Waals surface area contributed by atoms with E-state index in [0.717, 1.165) is 0 Å². The fraction of sp³-hybridized carbons (Fsp3) is 0.700. The SMILES string of the molecule is CCC(=O)NNC(=O)[C@@H]1CC(F)(F)[C@@H]2CN1C(=O)N2OS(=O)(=O)O. The quantitative estimate of drug-likeness (QED) is 0.415. The molecule has 2 rings (SSSR count). The molecule has 11 nitrogen and oxygen atoms in total. The molecule has 2 bridgehead atoms. The van der Waals surface area contributed by atoms with Crippen LogP contribution in [-0.2, 0) is 24.3 Å². The molecule has 0 unspecified atom stereocenters. The van der Waals surface area contributed by atoms with Gasteiger partial charge in [-0.25, -0.2) is 13.6 Å². The standard InChI is InChI=1S/C10H14F2N4O7S/c1-2-7(17)13-14-8(18)5-3-10(11,12)6-4-15(5)9(19)16(6)23-24(20,21)22/h5-6H,2-4H2,1H3,(H,13,17)(H,14,18)(H,20,21,22)/t5-,6-/m0/s1. The summed E-state index contributed by atoms with van der Waals surface area (Å²) in [5.41, 5.74) is 3.89. The fourth-order valence-electron chi connectivity index (χ4n) is 2.39. The lowest BCUT2D eigenvalue weighted by atomic mass is 9.96. The van der Waals surface area contributed by atoms with Crippen LogP contribution in [0.1, 0.15) is 19.8 Å². The summed E-state index contributed by atoms with van der Waals surface area (Å²) in [6.07, 6.45) is -1.08. The maximum absolute atomic E-state index is 14.1. The Morgan fingerprint density at radius 1 is 1.42 bits per heavy atom. The number of urea groups is 1. The second kappa shape index (κ2) is 6.10. The lowest BCUT2D eigenvalue weighted by molar-refractivity contribution is -0.154. The number of fused-ring (bicyclic) bond motifs is 2. The second-order valence-corrected chi connectivity index (χ2v) is 6.16. The van der Waals surface area contributed by atoms with Crippen LogP contribution in [0.25, 0.3) is 0 Å². The summed E-state index contributed by atoms with van der Waals surface area (Å²) in [4.78, 5) is 35.7. The highest BCUT2D eigenvalue weighted by atomic mass is 32.3. The molecule has 2 heterocycles. The molecule has 2 aliphatic heterocycles. The molecule has 0 spiro atoms. The minimum Gasteiger partial charge on any atom is -0.308 e. The highest BCUT2D eigenvalue weighted by molar-refractivity contribution is 7.80. The van der Waals surface area contributed by atoms with Crippen LogP contribution < -0.4 is 10.9 Å². The van der Waals surface area contributed by atoms with Gasteiger partial charge in [0.1, 0.15) is 12.1 Å². The van der Waals surface area contributed by atoms with Crippen molar-refractivity contribution < 1.29 is 40.4 Å². The summed E-state index contributed by atoms with van der Waals surface area (Å²) >= 11 is 0. The molecule has 0 aliphatic carbocycles. The Labute approximate surface area is 134 Å². The van der Waals surface area contributed by atoms with E-state index in [4.69, 9.17) is 4.55 Å². The molecule has 0 saturated carbocycles. The first-order valence-corrected chi connectivity index (χ1v) is 8.06. The first kappa shape index (κ1) is 18.3. The van der Waals surface area contributed by atoms with E-state index >= 15 is 0 Å². The first-order chi connectivity index (χ1) is 11.0. The molecule has 4 amide bonds. The summed E-state index contributed by atoms with van der Waals surface area (Å²) in [5, 5.41) is -0.173. The van der Waals surface area contributed by atoms with Gasteiger partial charge in [-0.1, -0.05) is 6.92 Å². The molecule has 2 aliphatic rings. The second-order valence-electron chi connectivity index (χ2n) is 5.15. The molecular weight excluding hydrogens is 358 g/mol. The summed E-state index contributed by atoms with van der Waals surface area (Å²) in [6.45, 7) is 0.802. The van der Waals surface area contributed by atoms with Crippen LogP contribution in [0.3, 0.4) is 0 Å². The third-order valence-electron chi connectivity index (χ3n) is 3.54. The number of hydrazine groups is 1. The molecule has 2 atom stereocenters. The van der Waals surface area contributed by atoms with Gasteiger partial charge in [0.05, 0.1) is 6.54 Å². The van der Waals surface area contributed by atoms with Gasteiger partial charge in [-0.15, -0.1) is 4.28 Å². The topological polar surface area (TPSA) is 145 Å². The zero-order chi connectivity index (χ0) is 18.3. The van der Waals surface area contributed by atoms with E-state index in [1.165, 1.54) is 6.92 Å². The van der Waals surface area contributed by atoms with Crippen molar-refractivity contribution in [2.45, 2.75) is 37.8 Å². The predicted octanol–water partition coefficient (Wildman–Crippen LogP) is -1.21. The number of rotatable bonds is 4. The maximum Gasteiger partial charge on any atom is 0.418 e. The van der Waals surface area contributed by atoms with Gasteiger partial charge >= 0.3 is 16.4 Å². The lowest BCUT2D eigenvalue weighted by Gasteiger charge is -2.34. The number of hydroxylamine groups is 2. The van der Waals surface area contributed by atoms with E-state index in [1.807, 2.05) is 10.9 Å². The Balaban J connectivity index is 2.19. The number of alkyl halides is 2. The van der Waals surface area contributed by atoms with Crippen LogP contribution in [0.5, 0.6) is 0 Å². The number of nitrogens with zero attached hydrogens (tertiary/aromatic N) is 2. The van der Waals surface area contributed by atoms with Gasteiger partial charge in [-0.05, 0) is 0 Å². The summed E-state index contributed by atoms with van der Waals surface area (Å²) in [6, 6.07) is -4.96. The largest absolute Gasteiger partial charge is 0.418 e. The van der Waals surface area contributed by atoms with Crippen LogP contribution in [0.15, 0.2) is 0 Å². The molecule has 0 radical (unpaired) electrons. The van der Waals surface area contributed by atoms with Gasteiger partial charge < -0.3 is 4.90 Å². The Morgan fingerprint density at radius 3 is 2.58 bits per heavy atom. The van der Waals surface area contributed by atoms with Crippen LogP contribution in [0.2, 0.25) is 0 Å². The molecule has 0 aromatic carbocycles. The number of halogens is 2. The first-order valence-electron chi connectivity index (χ1n) is 6.69. The summed E-state index contributed by atoms with van der Waals surface area (Å²) in [7, 11) is -5.20. The number of hydrogen-bond donors (Lipinski definition) is 3. The molecule has 14 heteroatoms. The number of nitrogens with one attached hydrogen (secondary N) is 2. The smallest absolute Gasteiger partial charge is 0.308 e. The summed E-state index contributed by atoms with van der Waals surface area (Å²) < 4.78 is 62.2. The molecule has 24 heavy (non-hydrogen) atoms. The van der Waals surface area contributed by atoms with Crippen molar-refractivity contribution in [2.75, 3.05) is 6.54 Å². The number of carbonyl (C=O) groups is 3. The number of carbonyl (C=O) groups excluding carboxylic acids is 3. The van der Waals surface area contributed by atoms with E-state index in [0.29, 0.717) is 4.90 Å². The average Bonchev–Trinajstić information content (AvgIpc) is 2.75.